The van der Waals surface area contributed by atoms with Crippen molar-refractivity contribution in [2.45, 2.75) is 25.4 Å². The first-order valence-corrected chi connectivity index (χ1v) is 6.68. The normalized spacial score (nSPS) is 22.2. The van der Waals surface area contributed by atoms with Crippen molar-refractivity contribution in [1.82, 2.24) is 5.32 Å². The molecule has 1 saturated heterocycles. The highest BCUT2D eigenvalue weighted by atomic mass is 32.2. The van der Waals surface area contributed by atoms with Gasteiger partial charge in [-0.3, -0.25) is 0 Å². The second-order valence-corrected chi connectivity index (χ2v) is 5.34. The number of hydrogen-bond acceptors (Lipinski definition) is 4. The highest BCUT2D eigenvalue weighted by Gasteiger charge is 2.19. The Morgan fingerprint density at radius 1 is 1.44 bits per heavy atom. The molecule has 0 aliphatic carbocycles. The predicted octanol–water partition coefficient (Wildman–Crippen LogP) is 2.25. The second-order valence-electron chi connectivity index (χ2n) is 4.19. The second kappa shape index (κ2) is 4.97. The average molecular weight is 239 g/mol. The van der Waals surface area contributed by atoms with Gasteiger partial charge >= 0.3 is 0 Å². The van der Waals surface area contributed by atoms with Crippen molar-refractivity contribution >= 4 is 11.8 Å². The number of rotatable bonds is 3. The lowest BCUT2D eigenvalue weighted by Crippen LogP contribution is -2.31. The van der Waals surface area contributed by atoms with E-state index in [1.807, 2.05) is 18.7 Å². The number of hydrogen-bond donors (Lipinski definition) is 3. The molecule has 0 amide bonds. The van der Waals surface area contributed by atoms with Crippen LogP contribution in [0.2, 0.25) is 0 Å². The summed E-state index contributed by atoms with van der Waals surface area (Å²) >= 11 is 1.95. The topological polar surface area (TPSA) is 52.5 Å². The quantitative estimate of drug-likeness (QED) is 0.708. The smallest absolute Gasteiger partial charge is 0.120 e. The van der Waals surface area contributed by atoms with Crippen molar-refractivity contribution < 1.29 is 10.2 Å². The minimum absolute atomic E-state index is 0.0656. The molecular formula is C12H17NO2S. The Balaban J connectivity index is 2.07. The maximum Gasteiger partial charge on any atom is 0.120 e. The maximum absolute atomic E-state index is 9.72. The Kier molecular flexibility index (Phi) is 3.61. The minimum atomic E-state index is 0.0656. The number of thioether (sulfide) groups is 1. The van der Waals surface area contributed by atoms with Gasteiger partial charge in [-0.15, -0.1) is 0 Å². The van der Waals surface area contributed by atoms with Crippen LogP contribution in [0.1, 0.15) is 24.9 Å². The third-order valence-corrected chi connectivity index (χ3v) is 4.06. The maximum atomic E-state index is 9.72. The van der Waals surface area contributed by atoms with Crippen LogP contribution in [0.3, 0.4) is 0 Å². The standard InChI is InChI=1S/C12H17NO2S/c1-8(13-9-4-5-16-7-9)11-6-10(14)2-3-12(11)15/h2-3,6,8-9,13-15H,4-5,7H2,1H3. The van der Waals surface area contributed by atoms with Crippen LogP contribution in [-0.2, 0) is 0 Å². The molecule has 1 aliphatic rings. The largest absolute Gasteiger partial charge is 0.508 e. The van der Waals surface area contributed by atoms with E-state index in [4.69, 9.17) is 0 Å². The van der Waals surface area contributed by atoms with E-state index in [0.29, 0.717) is 6.04 Å². The van der Waals surface area contributed by atoms with E-state index in [2.05, 4.69) is 5.32 Å². The fourth-order valence-electron chi connectivity index (χ4n) is 2.00. The Hall–Kier alpha value is -0.870. The zero-order valence-electron chi connectivity index (χ0n) is 9.31. The van der Waals surface area contributed by atoms with Gasteiger partial charge in [-0.1, -0.05) is 0 Å². The van der Waals surface area contributed by atoms with Gasteiger partial charge in [-0.25, -0.2) is 0 Å². The molecule has 3 N–H and O–H groups in total. The van der Waals surface area contributed by atoms with Crippen LogP contribution in [0.25, 0.3) is 0 Å². The summed E-state index contributed by atoms with van der Waals surface area (Å²) in [5.41, 5.74) is 0.761. The Labute approximate surface area is 99.9 Å². The summed E-state index contributed by atoms with van der Waals surface area (Å²) in [6.07, 6.45) is 1.18. The molecule has 0 radical (unpaired) electrons. The molecule has 3 nitrogen and oxygen atoms in total. The van der Waals surface area contributed by atoms with Gasteiger partial charge in [0.05, 0.1) is 0 Å². The molecule has 4 heteroatoms. The van der Waals surface area contributed by atoms with Crippen LogP contribution in [0.5, 0.6) is 11.5 Å². The van der Waals surface area contributed by atoms with Crippen LogP contribution >= 0.6 is 11.8 Å². The summed E-state index contributed by atoms with van der Waals surface area (Å²) < 4.78 is 0. The number of benzene rings is 1. The van der Waals surface area contributed by atoms with Gasteiger partial charge in [0.1, 0.15) is 11.5 Å². The first kappa shape index (κ1) is 11.6. The molecule has 2 atom stereocenters. The molecule has 1 aromatic rings. The Morgan fingerprint density at radius 3 is 2.94 bits per heavy atom. The third kappa shape index (κ3) is 2.62. The summed E-state index contributed by atoms with van der Waals surface area (Å²) in [6, 6.07) is 5.23. The van der Waals surface area contributed by atoms with Crippen molar-refractivity contribution in [2.75, 3.05) is 11.5 Å². The minimum Gasteiger partial charge on any atom is -0.508 e. The molecular weight excluding hydrogens is 222 g/mol. The van der Waals surface area contributed by atoms with E-state index >= 15 is 0 Å². The van der Waals surface area contributed by atoms with E-state index in [0.717, 1.165) is 11.3 Å². The SMILES string of the molecule is CC(NC1CCSC1)c1cc(O)ccc1O. The highest BCUT2D eigenvalue weighted by molar-refractivity contribution is 7.99. The van der Waals surface area contributed by atoms with Crippen molar-refractivity contribution in [1.29, 1.82) is 0 Å². The van der Waals surface area contributed by atoms with Crippen molar-refractivity contribution in [3.05, 3.63) is 23.8 Å². The summed E-state index contributed by atoms with van der Waals surface area (Å²) in [4.78, 5) is 0. The van der Waals surface area contributed by atoms with Crippen LogP contribution in [0.4, 0.5) is 0 Å². The molecule has 16 heavy (non-hydrogen) atoms. The molecule has 2 rings (SSSR count). The molecule has 88 valence electrons. The fraction of sp³-hybridized carbons (Fsp3) is 0.500. The Bertz CT molecular complexity index is 364. The molecule has 0 bridgehead atoms. The van der Waals surface area contributed by atoms with Gasteiger partial charge in [0.25, 0.3) is 0 Å². The lowest BCUT2D eigenvalue weighted by atomic mass is 10.1. The molecule has 1 fully saturated rings. The summed E-state index contributed by atoms with van der Waals surface area (Å²) in [5, 5.41) is 22.6. The van der Waals surface area contributed by atoms with Gasteiger partial charge < -0.3 is 15.5 Å². The summed E-state index contributed by atoms with van der Waals surface area (Å²) in [5.74, 6) is 2.77. The van der Waals surface area contributed by atoms with Crippen LogP contribution < -0.4 is 5.32 Å². The average Bonchev–Trinajstić information content (AvgIpc) is 2.74. The van der Waals surface area contributed by atoms with E-state index in [1.165, 1.54) is 24.3 Å². The zero-order valence-corrected chi connectivity index (χ0v) is 10.1. The number of phenols is 2. The van der Waals surface area contributed by atoms with Crippen LogP contribution in [0.15, 0.2) is 18.2 Å². The van der Waals surface area contributed by atoms with Crippen molar-refractivity contribution in [3.63, 3.8) is 0 Å². The molecule has 0 spiro atoms. The highest BCUT2D eigenvalue weighted by Crippen LogP contribution is 2.29. The van der Waals surface area contributed by atoms with Gasteiger partial charge in [0.2, 0.25) is 0 Å². The Morgan fingerprint density at radius 2 is 2.25 bits per heavy atom. The van der Waals surface area contributed by atoms with E-state index in [1.54, 1.807) is 6.07 Å². The van der Waals surface area contributed by atoms with Gasteiger partial charge in [0.15, 0.2) is 0 Å². The van der Waals surface area contributed by atoms with E-state index in [-0.39, 0.29) is 17.5 Å². The number of aromatic hydroxyl groups is 2. The third-order valence-electron chi connectivity index (χ3n) is 2.89. The number of phenolic OH excluding ortho intramolecular Hbond substituents is 2. The molecule has 0 saturated carbocycles. The van der Waals surface area contributed by atoms with E-state index < -0.39 is 0 Å². The molecule has 0 aromatic heterocycles. The molecule has 1 aliphatic heterocycles. The molecule has 1 heterocycles. The monoisotopic (exact) mass is 239 g/mol. The molecule has 2 unspecified atom stereocenters. The first-order valence-electron chi connectivity index (χ1n) is 5.52. The zero-order chi connectivity index (χ0) is 11.5. The fourth-order valence-corrected chi connectivity index (χ4v) is 3.16. The van der Waals surface area contributed by atoms with Crippen molar-refractivity contribution in [3.8, 4) is 11.5 Å². The van der Waals surface area contributed by atoms with Gasteiger partial charge in [-0.05, 0) is 37.3 Å². The lowest BCUT2D eigenvalue weighted by molar-refractivity contribution is 0.428. The first-order chi connectivity index (χ1) is 7.66. The van der Waals surface area contributed by atoms with Crippen LogP contribution in [0, 0.1) is 0 Å². The van der Waals surface area contributed by atoms with E-state index in [9.17, 15) is 10.2 Å². The summed E-state index contributed by atoms with van der Waals surface area (Å²) in [7, 11) is 0. The number of nitrogens with one attached hydrogen (secondary N) is 1. The van der Waals surface area contributed by atoms with Gasteiger partial charge in [-0.2, -0.15) is 11.8 Å². The predicted molar refractivity (Wildman–Crippen MR) is 67.1 cm³/mol. The van der Waals surface area contributed by atoms with Gasteiger partial charge in [0, 0.05) is 23.4 Å². The summed E-state index contributed by atoms with van der Waals surface area (Å²) in [6.45, 7) is 2.01. The van der Waals surface area contributed by atoms with Crippen LogP contribution in [-0.4, -0.2) is 27.8 Å². The lowest BCUT2D eigenvalue weighted by Gasteiger charge is -2.20. The van der Waals surface area contributed by atoms with Crippen molar-refractivity contribution in [2.24, 2.45) is 0 Å². The molecule has 1 aromatic carbocycles.